The lowest BCUT2D eigenvalue weighted by Crippen LogP contribution is -2.25. The number of amides is 1. The number of benzene rings is 2. The third-order valence-electron chi connectivity index (χ3n) is 3.73. The van der Waals surface area contributed by atoms with Gasteiger partial charge < -0.3 is 10.1 Å². The molecular weight excluding hydrogens is 477 g/mol. The zero-order valence-corrected chi connectivity index (χ0v) is 17.9. The Hall–Kier alpha value is -2.11. The molecule has 0 fully saturated rings. The molecule has 11 heteroatoms. The van der Waals surface area contributed by atoms with Gasteiger partial charge in [0.25, 0.3) is 5.91 Å². The van der Waals surface area contributed by atoms with Crippen molar-refractivity contribution < 1.29 is 31.1 Å². The molecule has 1 amide bonds. The van der Waals surface area contributed by atoms with Crippen molar-refractivity contribution in [2.45, 2.75) is 17.6 Å². The number of sulfonamides is 1. The predicted octanol–water partition coefficient (Wildman–Crippen LogP) is 3.57. The van der Waals surface area contributed by atoms with Crippen LogP contribution >= 0.6 is 15.9 Å². The standard InChI is InChI=1S/C18H18BrF3N2O4S/c1-24(2)29(26,27)16-9-13(5-8-15(16)19)17(25)23-10-12-3-6-14(7-4-12)28-11-18(20,21)22/h3-9H,10-11H2,1-2H3,(H,23,25). The number of hydrogen-bond acceptors (Lipinski definition) is 4. The molecule has 6 nitrogen and oxygen atoms in total. The molecule has 0 saturated carbocycles. The van der Waals surface area contributed by atoms with Gasteiger partial charge in [0.05, 0.1) is 4.90 Å². The largest absolute Gasteiger partial charge is 0.484 e. The lowest BCUT2D eigenvalue weighted by atomic mass is 10.2. The van der Waals surface area contributed by atoms with E-state index >= 15 is 0 Å². The highest BCUT2D eigenvalue weighted by Crippen LogP contribution is 2.25. The van der Waals surface area contributed by atoms with Crippen molar-refractivity contribution in [2.24, 2.45) is 0 Å². The van der Waals surface area contributed by atoms with Crippen LogP contribution in [0.5, 0.6) is 5.75 Å². The van der Waals surface area contributed by atoms with E-state index in [1.807, 2.05) is 0 Å². The molecule has 0 unspecified atom stereocenters. The van der Waals surface area contributed by atoms with Crippen LogP contribution in [0.25, 0.3) is 0 Å². The van der Waals surface area contributed by atoms with Crippen LogP contribution < -0.4 is 10.1 Å². The Morgan fingerprint density at radius 2 is 1.76 bits per heavy atom. The van der Waals surface area contributed by atoms with Crippen LogP contribution in [0.4, 0.5) is 13.2 Å². The van der Waals surface area contributed by atoms with E-state index in [0.29, 0.717) is 10.0 Å². The van der Waals surface area contributed by atoms with E-state index in [-0.39, 0.29) is 22.8 Å². The molecule has 0 radical (unpaired) electrons. The summed E-state index contributed by atoms with van der Waals surface area (Å²) in [4.78, 5) is 12.3. The summed E-state index contributed by atoms with van der Waals surface area (Å²) in [6.07, 6.45) is -4.42. The minimum atomic E-state index is -4.42. The molecular formula is C18H18BrF3N2O4S. The van der Waals surface area contributed by atoms with E-state index < -0.39 is 28.7 Å². The zero-order chi connectivity index (χ0) is 21.8. The maximum atomic E-state index is 12.4. The van der Waals surface area contributed by atoms with Gasteiger partial charge in [0.1, 0.15) is 5.75 Å². The van der Waals surface area contributed by atoms with Crippen LogP contribution in [-0.2, 0) is 16.6 Å². The molecule has 2 aromatic rings. The van der Waals surface area contributed by atoms with Gasteiger partial charge in [-0.1, -0.05) is 12.1 Å². The van der Waals surface area contributed by atoms with Crippen LogP contribution in [0, 0.1) is 0 Å². The quantitative estimate of drug-likeness (QED) is 0.638. The summed E-state index contributed by atoms with van der Waals surface area (Å²) in [5.41, 5.74) is 0.787. The van der Waals surface area contributed by atoms with Gasteiger partial charge in [-0.2, -0.15) is 13.2 Å². The molecule has 0 aliphatic heterocycles. The van der Waals surface area contributed by atoms with E-state index in [0.717, 1.165) is 4.31 Å². The van der Waals surface area contributed by atoms with Crippen molar-refractivity contribution in [2.75, 3.05) is 20.7 Å². The van der Waals surface area contributed by atoms with Gasteiger partial charge in [0.15, 0.2) is 6.61 Å². The fourth-order valence-corrected chi connectivity index (χ4v) is 4.04. The number of alkyl halides is 3. The van der Waals surface area contributed by atoms with Gasteiger partial charge in [0, 0.05) is 30.7 Å². The van der Waals surface area contributed by atoms with Crippen molar-refractivity contribution in [3.8, 4) is 5.75 Å². The maximum Gasteiger partial charge on any atom is 0.422 e. The Bertz CT molecular complexity index is 978. The number of nitrogens with zero attached hydrogens (tertiary/aromatic N) is 1. The molecule has 0 saturated heterocycles. The number of ether oxygens (including phenoxy) is 1. The Kier molecular flexibility index (Phi) is 7.30. The minimum Gasteiger partial charge on any atom is -0.484 e. The third kappa shape index (κ3) is 6.44. The lowest BCUT2D eigenvalue weighted by Gasteiger charge is -2.14. The Labute approximate surface area is 174 Å². The lowest BCUT2D eigenvalue weighted by molar-refractivity contribution is -0.153. The minimum absolute atomic E-state index is 0.0404. The Morgan fingerprint density at radius 1 is 1.14 bits per heavy atom. The van der Waals surface area contributed by atoms with Crippen LogP contribution in [0.15, 0.2) is 51.8 Å². The first kappa shape index (κ1) is 23.2. The summed E-state index contributed by atoms with van der Waals surface area (Å²) in [5, 5.41) is 2.63. The number of nitrogens with one attached hydrogen (secondary N) is 1. The number of hydrogen-bond donors (Lipinski definition) is 1. The van der Waals surface area contributed by atoms with Gasteiger partial charge >= 0.3 is 6.18 Å². The van der Waals surface area contributed by atoms with Crippen LogP contribution in [0.3, 0.4) is 0 Å². The van der Waals surface area contributed by atoms with E-state index in [2.05, 4.69) is 26.0 Å². The van der Waals surface area contributed by atoms with E-state index in [9.17, 15) is 26.4 Å². The molecule has 0 spiro atoms. The molecule has 2 rings (SSSR count). The highest BCUT2D eigenvalue weighted by atomic mass is 79.9. The summed E-state index contributed by atoms with van der Waals surface area (Å²) in [6.45, 7) is -1.28. The molecule has 0 aliphatic carbocycles. The zero-order valence-electron chi connectivity index (χ0n) is 15.5. The summed E-state index contributed by atoms with van der Waals surface area (Å²) in [5.74, 6) is -0.436. The monoisotopic (exact) mass is 494 g/mol. The first-order valence-electron chi connectivity index (χ1n) is 8.19. The van der Waals surface area contributed by atoms with Crippen molar-refractivity contribution in [3.05, 3.63) is 58.1 Å². The van der Waals surface area contributed by atoms with Gasteiger partial charge in [-0.25, -0.2) is 12.7 Å². The van der Waals surface area contributed by atoms with Crippen LogP contribution in [0.2, 0.25) is 0 Å². The molecule has 1 N–H and O–H groups in total. The fraction of sp³-hybridized carbons (Fsp3) is 0.278. The summed E-state index contributed by atoms with van der Waals surface area (Å²) < 4.78 is 67.1. The molecule has 0 aliphatic rings. The molecule has 0 bridgehead atoms. The van der Waals surface area contributed by atoms with Gasteiger partial charge in [-0.3, -0.25) is 4.79 Å². The second-order valence-corrected chi connectivity index (χ2v) is 9.14. The Morgan fingerprint density at radius 3 is 2.31 bits per heavy atom. The number of carbonyl (C=O) groups excluding carboxylic acids is 1. The first-order chi connectivity index (χ1) is 13.4. The second-order valence-electron chi connectivity index (χ2n) is 6.16. The van der Waals surface area contributed by atoms with Gasteiger partial charge in [-0.05, 0) is 51.8 Å². The average Bonchev–Trinajstić information content (AvgIpc) is 2.64. The number of carbonyl (C=O) groups is 1. The SMILES string of the molecule is CN(C)S(=O)(=O)c1cc(C(=O)NCc2ccc(OCC(F)(F)F)cc2)ccc1Br. The second kappa shape index (κ2) is 9.14. The summed E-state index contributed by atoms with van der Waals surface area (Å²) >= 11 is 3.17. The summed E-state index contributed by atoms with van der Waals surface area (Å²) in [6, 6.07) is 10.00. The van der Waals surface area contributed by atoms with Crippen molar-refractivity contribution in [1.29, 1.82) is 0 Å². The van der Waals surface area contributed by atoms with Crippen LogP contribution in [-0.4, -0.2) is 45.5 Å². The number of rotatable bonds is 7. The predicted molar refractivity (Wildman–Crippen MR) is 104 cm³/mol. The molecule has 2 aromatic carbocycles. The smallest absolute Gasteiger partial charge is 0.422 e. The van der Waals surface area contributed by atoms with Crippen molar-refractivity contribution >= 4 is 31.9 Å². The normalized spacial score (nSPS) is 12.1. The highest BCUT2D eigenvalue weighted by molar-refractivity contribution is 9.10. The van der Waals surface area contributed by atoms with E-state index in [1.54, 1.807) is 0 Å². The summed E-state index contributed by atoms with van der Waals surface area (Å²) in [7, 11) is -0.968. The fourth-order valence-electron chi connectivity index (χ4n) is 2.19. The molecule has 29 heavy (non-hydrogen) atoms. The van der Waals surface area contributed by atoms with Crippen LogP contribution in [0.1, 0.15) is 15.9 Å². The van der Waals surface area contributed by atoms with Gasteiger partial charge in [0.2, 0.25) is 10.0 Å². The molecule has 158 valence electrons. The van der Waals surface area contributed by atoms with Gasteiger partial charge in [-0.15, -0.1) is 0 Å². The third-order valence-corrected chi connectivity index (χ3v) is 6.54. The maximum absolute atomic E-state index is 12.4. The topological polar surface area (TPSA) is 75.7 Å². The van der Waals surface area contributed by atoms with E-state index in [1.165, 1.54) is 56.6 Å². The molecule has 0 heterocycles. The molecule has 0 atom stereocenters. The van der Waals surface area contributed by atoms with E-state index in [4.69, 9.17) is 0 Å². The highest BCUT2D eigenvalue weighted by Gasteiger charge is 2.28. The number of halogens is 4. The Balaban J connectivity index is 2.04. The van der Waals surface area contributed by atoms with Crippen molar-refractivity contribution in [3.63, 3.8) is 0 Å². The van der Waals surface area contributed by atoms with Crippen molar-refractivity contribution in [1.82, 2.24) is 9.62 Å². The average molecular weight is 495 g/mol. The molecule has 0 aromatic heterocycles. The first-order valence-corrected chi connectivity index (χ1v) is 10.4.